The summed E-state index contributed by atoms with van der Waals surface area (Å²) in [6.45, 7) is 13.9. The number of ether oxygens (including phenoxy) is 2. The molecule has 0 radical (unpaired) electrons. The van der Waals surface area contributed by atoms with Gasteiger partial charge < -0.3 is 24.6 Å². The standard InChI is InChI=1S/C33H36N6O8/c1-6-46-30-20-29(31(47-7-2)19-28(30)36-34-24-8-10-25(11-9-24)39(44)45)37-35-27-13-12-26(18-23(27)5)38(16-14-21(3)32(40)41)17-15-22(4)33(42)43/h8-13,18-20H,3-4,6-7,14-17H2,1-2,5H3,(H,40,41)(H,42,43)/b36-34+,37-35+. The van der Waals surface area contributed by atoms with E-state index in [9.17, 15) is 29.9 Å². The van der Waals surface area contributed by atoms with Crippen molar-refractivity contribution in [3.05, 3.63) is 94.6 Å². The van der Waals surface area contributed by atoms with E-state index in [1.165, 1.54) is 24.3 Å². The van der Waals surface area contributed by atoms with Crippen molar-refractivity contribution < 1.29 is 34.2 Å². The van der Waals surface area contributed by atoms with Gasteiger partial charge in [0.15, 0.2) is 0 Å². The third kappa shape index (κ3) is 10.3. The second-order valence-electron chi connectivity index (χ2n) is 10.1. The Hall–Kier alpha value is -5.92. The number of benzene rings is 3. The highest BCUT2D eigenvalue weighted by atomic mass is 16.6. The second-order valence-corrected chi connectivity index (χ2v) is 10.1. The number of carboxylic acids is 2. The Balaban J connectivity index is 1.90. The lowest BCUT2D eigenvalue weighted by Gasteiger charge is -2.25. The average Bonchev–Trinajstić information content (AvgIpc) is 3.04. The fourth-order valence-electron chi connectivity index (χ4n) is 4.17. The minimum atomic E-state index is -1.09. The number of nitro groups is 1. The van der Waals surface area contributed by atoms with Crippen LogP contribution in [0.2, 0.25) is 0 Å². The number of aryl methyl sites for hydroxylation is 1. The highest BCUT2D eigenvalue weighted by molar-refractivity contribution is 5.86. The van der Waals surface area contributed by atoms with Gasteiger partial charge >= 0.3 is 11.9 Å². The third-order valence-electron chi connectivity index (χ3n) is 6.76. The largest absolute Gasteiger partial charge is 0.491 e. The third-order valence-corrected chi connectivity index (χ3v) is 6.76. The minimum absolute atomic E-state index is 0.0459. The predicted molar refractivity (Wildman–Crippen MR) is 176 cm³/mol. The number of hydrogen-bond donors (Lipinski definition) is 2. The zero-order valence-electron chi connectivity index (χ0n) is 26.4. The molecule has 0 heterocycles. The van der Waals surface area contributed by atoms with Gasteiger partial charge in [0.05, 0.1) is 29.5 Å². The molecule has 246 valence electrons. The van der Waals surface area contributed by atoms with E-state index in [-0.39, 0.29) is 29.7 Å². The molecule has 3 aromatic rings. The van der Waals surface area contributed by atoms with Gasteiger partial charge in [-0.05, 0) is 69.5 Å². The van der Waals surface area contributed by atoms with Crippen molar-refractivity contribution in [2.75, 3.05) is 31.2 Å². The zero-order valence-corrected chi connectivity index (χ0v) is 26.4. The highest BCUT2D eigenvalue weighted by Gasteiger charge is 2.15. The van der Waals surface area contributed by atoms with Crippen LogP contribution in [0.4, 0.5) is 34.1 Å². The fraction of sp³-hybridized carbons (Fsp3) is 0.273. The van der Waals surface area contributed by atoms with Gasteiger partial charge in [-0.15, -0.1) is 10.2 Å². The molecule has 47 heavy (non-hydrogen) atoms. The Bertz CT molecular complexity index is 1670. The lowest BCUT2D eigenvalue weighted by molar-refractivity contribution is -0.384. The topological polar surface area (TPSA) is 189 Å². The van der Waals surface area contributed by atoms with Gasteiger partial charge in [-0.25, -0.2) is 9.59 Å². The normalized spacial score (nSPS) is 11.0. The Morgan fingerprint density at radius 3 is 1.72 bits per heavy atom. The summed E-state index contributed by atoms with van der Waals surface area (Å²) in [5.74, 6) is -1.42. The SMILES string of the molecule is C=C(CCN(CCC(=C)C(=O)O)c1ccc(/N=N/c2cc(OCC)c(/N=N/c3ccc([N+](=O)[O-])cc3)cc2OCC)c(C)c1)C(=O)O. The van der Waals surface area contributed by atoms with Crippen LogP contribution < -0.4 is 14.4 Å². The van der Waals surface area contributed by atoms with Crippen LogP contribution in [0.25, 0.3) is 0 Å². The number of carboxylic acid groups (broad SMARTS) is 2. The molecule has 0 saturated heterocycles. The van der Waals surface area contributed by atoms with Crippen molar-refractivity contribution in [3.8, 4) is 11.5 Å². The number of rotatable bonds is 18. The van der Waals surface area contributed by atoms with E-state index in [0.29, 0.717) is 60.6 Å². The molecule has 2 N–H and O–H groups in total. The molecule has 0 amide bonds. The van der Waals surface area contributed by atoms with Crippen LogP contribution in [0.15, 0.2) is 99.4 Å². The van der Waals surface area contributed by atoms with Gasteiger partial charge in [0.25, 0.3) is 5.69 Å². The molecule has 0 bridgehead atoms. The summed E-state index contributed by atoms with van der Waals surface area (Å²) in [4.78, 5) is 34.9. The molecule has 14 nitrogen and oxygen atoms in total. The summed E-state index contributed by atoms with van der Waals surface area (Å²) in [5.41, 5.74) is 3.26. The summed E-state index contributed by atoms with van der Waals surface area (Å²) in [6, 6.07) is 14.3. The Labute approximate surface area is 271 Å². The van der Waals surface area contributed by atoms with Gasteiger partial charge in [0, 0.05) is 54.2 Å². The van der Waals surface area contributed by atoms with Crippen molar-refractivity contribution in [2.24, 2.45) is 20.5 Å². The molecule has 0 saturated carbocycles. The van der Waals surface area contributed by atoms with Gasteiger partial charge in [0.2, 0.25) is 0 Å². The molecule has 0 fully saturated rings. The van der Waals surface area contributed by atoms with E-state index in [1.807, 2.05) is 31.7 Å². The summed E-state index contributed by atoms with van der Waals surface area (Å²) in [5, 5.41) is 46.7. The number of aliphatic carboxylic acids is 2. The number of anilines is 1. The first-order valence-corrected chi connectivity index (χ1v) is 14.6. The van der Waals surface area contributed by atoms with E-state index in [4.69, 9.17) is 9.47 Å². The maximum Gasteiger partial charge on any atom is 0.331 e. The van der Waals surface area contributed by atoms with Crippen LogP contribution in [0.3, 0.4) is 0 Å². The van der Waals surface area contributed by atoms with E-state index < -0.39 is 16.9 Å². The van der Waals surface area contributed by atoms with Crippen LogP contribution >= 0.6 is 0 Å². The molecule has 14 heteroatoms. The Kier molecular flexibility index (Phi) is 12.8. The summed E-state index contributed by atoms with van der Waals surface area (Å²) < 4.78 is 11.6. The number of non-ortho nitro benzene ring substituents is 1. The lowest BCUT2D eigenvalue weighted by Crippen LogP contribution is -2.27. The van der Waals surface area contributed by atoms with E-state index in [0.717, 1.165) is 11.3 Å². The molecule has 3 aromatic carbocycles. The molecule has 0 atom stereocenters. The molecule has 0 unspecified atom stereocenters. The van der Waals surface area contributed by atoms with Crippen LogP contribution in [0.1, 0.15) is 32.3 Å². The number of azo groups is 2. The zero-order chi connectivity index (χ0) is 34.5. The highest BCUT2D eigenvalue weighted by Crippen LogP contribution is 2.41. The second kappa shape index (κ2) is 17.0. The molecule has 0 aliphatic heterocycles. The molecular formula is C33H36N6O8. The molecule has 0 aromatic heterocycles. The predicted octanol–water partition coefficient (Wildman–Crippen LogP) is 8.40. The van der Waals surface area contributed by atoms with Gasteiger partial charge in [-0.3, -0.25) is 10.1 Å². The fourth-order valence-corrected chi connectivity index (χ4v) is 4.17. The van der Waals surface area contributed by atoms with Crippen LogP contribution in [-0.2, 0) is 9.59 Å². The molecule has 0 aliphatic carbocycles. The molecular weight excluding hydrogens is 608 g/mol. The molecule has 0 spiro atoms. The maximum absolute atomic E-state index is 11.3. The van der Waals surface area contributed by atoms with Gasteiger partial charge in [0.1, 0.15) is 22.9 Å². The van der Waals surface area contributed by atoms with E-state index >= 15 is 0 Å². The van der Waals surface area contributed by atoms with Gasteiger partial charge in [-0.2, -0.15) is 10.2 Å². The Morgan fingerprint density at radius 1 is 0.787 bits per heavy atom. The van der Waals surface area contributed by atoms with E-state index in [1.54, 1.807) is 24.3 Å². The van der Waals surface area contributed by atoms with Crippen LogP contribution in [-0.4, -0.2) is 53.4 Å². The summed E-state index contributed by atoms with van der Waals surface area (Å²) in [7, 11) is 0. The van der Waals surface area contributed by atoms with Crippen LogP contribution in [0.5, 0.6) is 11.5 Å². The van der Waals surface area contributed by atoms with Crippen molar-refractivity contribution in [1.29, 1.82) is 0 Å². The Morgan fingerprint density at radius 2 is 1.28 bits per heavy atom. The van der Waals surface area contributed by atoms with E-state index in [2.05, 4.69) is 33.6 Å². The number of hydrogen-bond acceptors (Lipinski definition) is 11. The van der Waals surface area contributed by atoms with Crippen molar-refractivity contribution >= 4 is 46.1 Å². The first kappa shape index (κ1) is 35.6. The average molecular weight is 645 g/mol. The van der Waals surface area contributed by atoms with Gasteiger partial charge in [-0.1, -0.05) is 13.2 Å². The summed E-state index contributed by atoms with van der Waals surface area (Å²) in [6.07, 6.45) is 0.363. The first-order valence-electron chi connectivity index (χ1n) is 14.6. The monoisotopic (exact) mass is 644 g/mol. The first-order chi connectivity index (χ1) is 22.4. The van der Waals surface area contributed by atoms with Crippen molar-refractivity contribution in [1.82, 2.24) is 0 Å². The number of nitro benzene ring substituents is 1. The summed E-state index contributed by atoms with van der Waals surface area (Å²) >= 11 is 0. The van der Waals surface area contributed by atoms with Crippen molar-refractivity contribution in [2.45, 2.75) is 33.6 Å². The lowest BCUT2D eigenvalue weighted by atomic mass is 10.1. The van der Waals surface area contributed by atoms with Crippen LogP contribution in [0, 0.1) is 17.0 Å². The quantitative estimate of drug-likeness (QED) is 0.0592. The molecule has 0 aliphatic rings. The maximum atomic E-state index is 11.3. The number of nitrogens with zero attached hydrogens (tertiary/aromatic N) is 6. The number of carbonyl (C=O) groups is 2. The minimum Gasteiger partial charge on any atom is -0.491 e. The van der Waals surface area contributed by atoms with Crippen molar-refractivity contribution in [3.63, 3.8) is 0 Å². The smallest absolute Gasteiger partial charge is 0.331 e. The molecule has 3 rings (SSSR count).